The second-order valence-corrected chi connectivity index (χ2v) is 3.82. The molecule has 1 rings (SSSR count). The van der Waals surface area contributed by atoms with Crippen LogP contribution in [0.5, 0.6) is 0 Å². The molecule has 3 nitrogen and oxygen atoms in total. The zero-order chi connectivity index (χ0) is 9.14. The van der Waals surface area contributed by atoms with Crippen LogP contribution in [0.15, 0.2) is 16.9 Å². The van der Waals surface area contributed by atoms with Crippen molar-refractivity contribution < 1.29 is 0 Å². The molecular formula is C8H12BrN3. The summed E-state index contributed by atoms with van der Waals surface area (Å²) in [6.07, 6.45) is 3.47. The van der Waals surface area contributed by atoms with E-state index in [1.165, 1.54) is 0 Å². The fraction of sp³-hybridized carbons (Fsp3) is 0.500. The molecule has 0 saturated heterocycles. The summed E-state index contributed by atoms with van der Waals surface area (Å²) < 4.78 is 0.892. The second-order valence-electron chi connectivity index (χ2n) is 2.91. The quantitative estimate of drug-likeness (QED) is 0.840. The number of rotatable bonds is 2. The molecule has 0 aliphatic rings. The summed E-state index contributed by atoms with van der Waals surface area (Å²) in [6, 6.07) is 0.0891. The minimum absolute atomic E-state index is 0.0891. The third kappa shape index (κ3) is 2.25. The zero-order valence-corrected chi connectivity index (χ0v) is 8.75. The van der Waals surface area contributed by atoms with E-state index in [0.29, 0.717) is 0 Å². The average Bonchev–Trinajstić information content (AvgIpc) is 2.04. The van der Waals surface area contributed by atoms with Gasteiger partial charge in [0.05, 0.1) is 4.47 Å². The van der Waals surface area contributed by atoms with Crippen molar-refractivity contribution in [3.8, 4) is 0 Å². The summed E-state index contributed by atoms with van der Waals surface area (Å²) in [7, 11) is 0. The monoisotopic (exact) mass is 229 g/mol. The van der Waals surface area contributed by atoms with Gasteiger partial charge in [-0.05, 0) is 22.9 Å². The van der Waals surface area contributed by atoms with Crippen LogP contribution in [0.25, 0.3) is 0 Å². The highest BCUT2D eigenvalue weighted by molar-refractivity contribution is 9.10. The van der Waals surface area contributed by atoms with Gasteiger partial charge in [-0.1, -0.05) is 6.92 Å². The van der Waals surface area contributed by atoms with Gasteiger partial charge in [0.1, 0.15) is 5.82 Å². The molecule has 0 saturated carbocycles. The molecule has 0 bridgehead atoms. The molecule has 1 heterocycles. The lowest BCUT2D eigenvalue weighted by atomic mass is 10.0. The Balaban J connectivity index is 2.82. The predicted octanol–water partition coefficient (Wildman–Crippen LogP) is 1.69. The van der Waals surface area contributed by atoms with Crippen molar-refractivity contribution in [3.63, 3.8) is 0 Å². The number of nitrogens with two attached hydrogens (primary N) is 1. The van der Waals surface area contributed by atoms with Gasteiger partial charge in [0.25, 0.3) is 0 Å². The van der Waals surface area contributed by atoms with Gasteiger partial charge in [-0.3, -0.25) is 0 Å². The number of halogens is 1. The lowest BCUT2D eigenvalue weighted by Crippen LogP contribution is -2.23. The average molecular weight is 230 g/mol. The molecule has 0 aromatic carbocycles. The Morgan fingerprint density at radius 1 is 1.33 bits per heavy atom. The molecule has 4 heteroatoms. The van der Waals surface area contributed by atoms with E-state index in [1.54, 1.807) is 12.4 Å². The van der Waals surface area contributed by atoms with E-state index >= 15 is 0 Å². The smallest absolute Gasteiger partial charge is 0.132 e. The maximum atomic E-state index is 5.71. The third-order valence-corrected chi connectivity index (χ3v) is 2.25. The fourth-order valence-electron chi connectivity index (χ4n) is 0.793. The highest BCUT2D eigenvalue weighted by atomic mass is 79.9. The summed E-state index contributed by atoms with van der Waals surface area (Å²) in [5, 5.41) is 0. The molecule has 2 unspecified atom stereocenters. The topological polar surface area (TPSA) is 51.8 Å². The Morgan fingerprint density at radius 2 is 1.83 bits per heavy atom. The van der Waals surface area contributed by atoms with Gasteiger partial charge in [-0.2, -0.15) is 0 Å². The molecule has 0 spiro atoms. The molecular weight excluding hydrogens is 218 g/mol. The van der Waals surface area contributed by atoms with Gasteiger partial charge in [0.2, 0.25) is 0 Å². The number of hydrogen-bond donors (Lipinski definition) is 1. The molecule has 0 amide bonds. The lowest BCUT2D eigenvalue weighted by Gasteiger charge is -2.12. The SMILES string of the molecule is CC(N)C(C)c1ncc(Br)cn1. The molecule has 1 aromatic heterocycles. The van der Waals surface area contributed by atoms with E-state index < -0.39 is 0 Å². The Hall–Kier alpha value is -0.480. The van der Waals surface area contributed by atoms with E-state index in [9.17, 15) is 0 Å². The fourth-order valence-corrected chi connectivity index (χ4v) is 0.997. The summed E-state index contributed by atoms with van der Waals surface area (Å²) in [4.78, 5) is 8.32. The van der Waals surface area contributed by atoms with Crippen molar-refractivity contribution in [2.24, 2.45) is 5.73 Å². The van der Waals surface area contributed by atoms with Crippen LogP contribution in [0.4, 0.5) is 0 Å². The van der Waals surface area contributed by atoms with Crippen LogP contribution in [-0.2, 0) is 0 Å². The minimum Gasteiger partial charge on any atom is -0.327 e. The van der Waals surface area contributed by atoms with Crippen LogP contribution < -0.4 is 5.73 Å². The van der Waals surface area contributed by atoms with E-state index in [1.807, 2.05) is 13.8 Å². The molecule has 2 atom stereocenters. The molecule has 0 aliphatic carbocycles. The van der Waals surface area contributed by atoms with Crippen molar-refractivity contribution >= 4 is 15.9 Å². The van der Waals surface area contributed by atoms with Crippen molar-refractivity contribution in [1.29, 1.82) is 0 Å². The second kappa shape index (κ2) is 3.96. The number of hydrogen-bond acceptors (Lipinski definition) is 3. The largest absolute Gasteiger partial charge is 0.327 e. The van der Waals surface area contributed by atoms with Gasteiger partial charge in [-0.25, -0.2) is 9.97 Å². The first kappa shape index (κ1) is 9.61. The summed E-state index contributed by atoms with van der Waals surface area (Å²) in [6.45, 7) is 3.98. The maximum Gasteiger partial charge on any atom is 0.132 e. The van der Waals surface area contributed by atoms with Crippen LogP contribution in [0, 0.1) is 0 Å². The standard InChI is InChI=1S/C8H12BrN3/c1-5(6(2)10)8-11-3-7(9)4-12-8/h3-6H,10H2,1-2H3. The van der Waals surface area contributed by atoms with Gasteiger partial charge < -0.3 is 5.73 Å². The van der Waals surface area contributed by atoms with E-state index in [-0.39, 0.29) is 12.0 Å². The van der Waals surface area contributed by atoms with Gasteiger partial charge >= 0.3 is 0 Å². The first-order valence-corrected chi connectivity index (χ1v) is 4.63. The third-order valence-electron chi connectivity index (χ3n) is 1.84. The number of aromatic nitrogens is 2. The Bertz CT molecular complexity index is 245. The Kier molecular flexibility index (Phi) is 3.17. The Labute approximate surface area is 80.5 Å². The van der Waals surface area contributed by atoms with Crippen LogP contribution in [0.1, 0.15) is 25.6 Å². The van der Waals surface area contributed by atoms with Gasteiger partial charge in [-0.15, -0.1) is 0 Å². The van der Waals surface area contributed by atoms with Crippen LogP contribution in [-0.4, -0.2) is 16.0 Å². The maximum absolute atomic E-state index is 5.71. The van der Waals surface area contributed by atoms with Crippen molar-refractivity contribution in [1.82, 2.24) is 9.97 Å². The van der Waals surface area contributed by atoms with E-state index in [2.05, 4.69) is 25.9 Å². The van der Waals surface area contributed by atoms with Crippen molar-refractivity contribution in [2.45, 2.75) is 25.8 Å². The summed E-state index contributed by atoms with van der Waals surface area (Å²) in [5.41, 5.74) is 5.71. The molecule has 0 aliphatic heterocycles. The van der Waals surface area contributed by atoms with Crippen LogP contribution >= 0.6 is 15.9 Å². The van der Waals surface area contributed by atoms with Crippen LogP contribution in [0.3, 0.4) is 0 Å². The first-order chi connectivity index (χ1) is 5.61. The lowest BCUT2D eigenvalue weighted by molar-refractivity contribution is 0.580. The number of nitrogens with zero attached hydrogens (tertiary/aromatic N) is 2. The summed E-state index contributed by atoms with van der Waals surface area (Å²) >= 11 is 3.28. The highest BCUT2D eigenvalue weighted by Gasteiger charge is 2.12. The molecule has 0 fully saturated rings. The first-order valence-electron chi connectivity index (χ1n) is 3.84. The van der Waals surface area contributed by atoms with E-state index in [0.717, 1.165) is 10.3 Å². The molecule has 2 N–H and O–H groups in total. The van der Waals surface area contributed by atoms with Crippen LogP contribution in [0.2, 0.25) is 0 Å². The minimum atomic E-state index is 0.0891. The van der Waals surface area contributed by atoms with Gasteiger partial charge in [0, 0.05) is 24.4 Å². The zero-order valence-electron chi connectivity index (χ0n) is 7.16. The Morgan fingerprint density at radius 3 is 2.25 bits per heavy atom. The van der Waals surface area contributed by atoms with Crippen molar-refractivity contribution in [2.75, 3.05) is 0 Å². The normalized spacial score (nSPS) is 15.7. The predicted molar refractivity (Wildman–Crippen MR) is 51.8 cm³/mol. The summed E-state index contributed by atoms with van der Waals surface area (Å²) in [5.74, 6) is 1.01. The van der Waals surface area contributed by atoms with Gasteiger partial charge in [0.15, 0.2) is 0 Å². The molecule has 66 valence electrons. The van der Waals surface area contributed by atoms with Crippen molar-refractivity contribution in [3.05, 3.63) is 22.7 Å². The highest BCUT2D eigenvalue weighted by Crippen LogP contribution is 2.14. The molecule has 1 aromatic rings. The van der Waals surface area contributed by atoms with E-state index in [4.69, 9.17) is 5.73 Å². The molecule has 0 radical (unpaired) electrons. The molecule has 12 heavy (non-hydrogen) atoms.